The van der Waals surface area contributed by atoms with Crippen LogP contribution in [0.25, 0.3) is 0 Å². The van der Waals surface area contributed by atoms with Crippen molar-refractivity contribution in [1.82, 2.24) is 4.90 Å². The number of rotatable bonds is 2. The third-order valence-corrected chi connectivity index (χ3v) is 5.33. The first-order valence-corrected chi connectivity index (χ1v) is 8.31. The van der Waals surface area contributed by atoms with Crippen molar-refractivity contribution >= 4 is 22.2 Å². The van der Waals surface area contributed by atoms with Crippen LogP contribution in [0.4, 0.5) is 5.00 Å². The quantitative estimate of drug-likeness (QED) is 0.898. The number of nitrogen functional groups attached to an aromatic ring is 1. The van der Waals surface area contributed by atoms with E-state index in [0.29, 0.717) is 5.92 Å². The van der Waals surface area contributed by atoms with E-state index in [1.54, 1.807) is 11.3 Å². The van der Waals surface area contributed by atoms with Crippen LogP contribution in [0, 0.1) is 0 Å². The highest BCUT2D eigenvalue weighted by atomic mass is 32.1. The second kappa shape index (κ2) is 5.53. The van der Waals surface area contributed by atoms with Crippen LogP contribution in [0.15, 0.2) is 5.38 Å². The lowest BCUT2D eigenvalue weighted by molar-refractivity contribution is 0.0792. The molecule has 19 heavy (non-hydrogen) atoms. The highest BCUT2D eigenvalue weighted by Crippen LogP contribution is 2.39. The molecule has 1 amide bonds. The lowest BCUT2D eigenvalue weighted by Gasteiger charge is -2.23. The minimum Gasteiger partial charge on any atom is -0.390 e. The van der Waals surface area contributed by atoms with E-state index >= 15 is 0 Å². The van der Waals surface area contributed by atoms with E-state index in [1.807, 2.05) is 4.90 Å². The van der Waals surface area contributed by atoms with Crippen molar-refractivity contribution in [3.8, 4) is 0 Å². The molecule has 0 aromatic carbocycles. The van der Waals surface area contributed by atoms with E-state index in [1.165, 1.54) is 37.7 Å². The molecule has 104 valence electrons. The summed E-state index contributed by atoms with van der Waals surface area (Å²) in [7, 11) is 0. The van der Waals surface area contributed by atoms with Crippen molar-refractivity contribution in [3.63, 3.8) is 0 Å². The van der Waals surface area contributed by atoms with Crippen molar-refractivity contribution in [3.05, 3.63) is 16.5 Å². The van der Waals surface area contributed by atoms with Crippen molar-refractivity contribution in [2.24, 2.45) is 0 Å². The molecule has 2 heterocycles. The van der Waals surface area contributed by atoms with Gasteiger partial charge in [0, 0.05) is 13.1 Å². The van der Waals surface area contributed by atoms with Gasteiger partial charge in [0.05, 0.1) is 10.6 Å². The fourth-order valence-corrected chi connectivity index (χ4v) is 4.30. The molecular formula is C15H22N2OS. The highest BCUT2D eigenvalue weighted by Gasteiger charge is 2.28. The van der Waals surface area contributed by atoms with Gasteiger partial charge in [0.15, 0.2) is 0 Å². The minimum absolute atomic E-state index is 0.178. The third-order valence-electron chi connectivity index (χ3n) is 4.50. The first-order chi connectivity index (χ1) is 9.27. The largest absolute Gasteiger partial charge is 0.390 e. The van der Waals surface area contributed by atoms with E-state index in [0.717, 1.165) is 36.5 Å². The van der Waals surface area contributed by atoms with Crippen LogP contribution in [0.1, 0.15) is 66.8 Å². The van der Waals surface area contributed by atoms with Crippen LogP contribution in [-0.2, 0) is 0 Å². The molecule has 1 aromatic rings. The molecule has 3 rings (SSSR count). The van der Waals surface area contributed by atoms with E-state index in [9.17, 15) is 4.79 Å². The van der Waals surface area contributed by atoms with Gasteiger partial charge >= 0.3 is 0 Å². The van der Waals surface area contributed by atoms with Crippen molar-refractivity contribution in [1.29, 1.82) is 0 Å². The van der Waals surface area contributed by atoms with Gasteiger partial charge in [-0.1, -0.05) is 19.3 Å². The summed E-state index contributed by atoms with van der Waals surface area (Å²) in [6.45, 7) is 1.80. The zero-order valence-electron chi connectivity index (χ0n) is 11.4. The van der Waals surface area contributed by atoms with Gasteiger partial charge in [0.25, 0.3) is 5.91 Å². The maximum Gasteiger partial charge on any atom is 0.257 e. The van der Waals surface area contributed by atoms with Gasteiger partial charge in [0.1, 0.15) is 0 Å². The Hall–Kier alpha value is -1.03. The number of thiophene rings is 1. The number of nitrogens with two attached hydrogens (primary N) is 1. The Labute approximate surface area is 118 Å². The number of likely N-dealkylation sites (tertiary alicyclic amines) is 1. The molecular weight excluding hydrogens is 256 g/mol. The lowest BCUT2D eigenvalue weighted by Crippen LogP contribution is -2.29. The molecule has 2 aliphatic rings. The molecule has 1 saturated heterocycles. The zero-order valence-corrected chi connectivity index (χ0v) is 12.2. The predicted molar refractivity (Wildman–Crippen MR) is 79.7 cm³/mol. The summed E-state index contributed by atoms with van der Waals surface area (Å²) < 4.78 is 0. The summed E-state index contributed by atoms with van der Waals surface area (Å²) in [5.41, 5.74) is 8.16. The second-order valence-electron chi connectivity index (χ2n) is 5.76. The standard InChI is InChI=1S/C15H22N2OS/c16-14-13(15(18)17-8-4-5-9-17)12(10-19-14)11-6-2-1-3-7-11/h10-11H,1-9,16H2. The third kappa shape index (κ3) is 2.50. The molecule has 0 unspecified atom stereocenters. The number of carbonyl (C=O) groups is 1. The van der Waals surface area contributed by atoms with Gasteiger partial charge in [-0.2, -0.15) is 0 Å². The Balaban J connectivity index is 1.86. The Morgan fingerprint density at radius 3 is 2.53 bits per heavy atom. The first kappa shape index (κ1) is 13.0. The van der Waals surface area contributed by atoms with Crippen LogP contribution in [0.2, 0.25) is 0 Å². The van der Waals surface area contributed by atoms with Gasteiger partial charge < -0.3 is 10.6 Å². The van der Waals surface area contributed by atoms with Gasteiger partial charge in [-0.05, 0) is 42.5 Å². The fraction of sp³-hybridized carbons (Fsp3) is 0.667. The lowest BCUT2D eigenvalue weighted by atomic mass is 9.83. The number of nitrogens with zero attached hydrogens (tertiary/aromatic N) is 1. The van der Waals surface area contributed by atoms with Crippen molar-refractivity contribution in [2.45, 2.75) is 50.9 Å². The van der Waals surface area contributed by atoms with Gasteiger partial charge in [-0.3, -0.25) is 4.79 Å². The summed E-state index contributed by atoms with van der Waals surface area (Å²) in [4.78, 5) is 14.6. The van der Waals surface area contributed by atoms with Crippen LogP contribution >= 0.6 is 11.3 Å². The van der Waals surface area contributed by atoms with Crippen molar-refractivity contribution < 1.29 is 4.79 Å². The normalized spacial score (nSPS) is 20.9. The monoisotopic (exact) mass is 278 g/mol. The zero-order chi connectivity index (χ0) is 13.2. The second-order valence-corrected chi connectivity index (χ2v) is 6.68. The van der Waals surface area contributed by atoms with E-state index < -0.39 is 0 Å². The SMILES string of the molecule is Nc1scc(C2CCCCC2)c1C(=O)N1CCCC1. The number of carbonyl (C=O) groups excluding carboxylic acids is 1. The summed E-state index contributed by atoms with van der Waals surface area (Å²) >= 11 is 1.54. The molecule has 0 atom stereocenters. The number of hydrogen-bond donors (Lipinski definition) is 1. The minimum atomic E-state index is 0.178. The van der Waals surface area contributed by atoms with E-state index in [4.69, 9.17) is 5.73 Å². The maximum atomic E-state index is 12.6. The molecule has 4 heteroatoms. The van der Waals surface area contributed by atoms with Crippen LogP contribution in [0.3, 0.4) is 0 Å². The molecule has 1 saturated carbocycles. The Kier molecular flexibility index (Phi) is 3.78. The van der Waals surface area contributed by atoms with Crippen molar-refractivity contribution in [2.75, 3.05) is 18.8 Å². The molecule has 1 aromatic heterocycles. The Morgan fingerprint density at radius 1 is 1.16 bits per heavy atom. The average Bonchev–Trinajstić information content (AvgIpc) is 3.08. The van der Waals surface area contributed by atoms with E-state index in [-0.39, 0.29) is 5.91 Å². The number of hydrogen-bond acceptors (Lipinski definition) is 3. The molecule has 1 aliphatic heterocycles. The first-order valence-electron chi connectivity index (χ1n) is 7.43. The summed E-state index contributed by atoms with van der Waals surface area (Å²) in [6, 6.07) is 0. The van der Waals surface area contributed by atoms with Crippen LogP contribution < -0.4 is 5.73 Å². The van der Waals surface area contributed by atoms with Gasteiger partial charge in [0.2, 0.25) is 0 Å². The molecule has 0 radical (unpaired) electrons. The Bertz CT molecular complexity index is 457. The number of amides is 1. The molecule has 1 aliphatic carbocycles. The molecule has 0 spiro atoms. The number of anilines is 1. The molecule has 3 nitrogen and oxygen atoms in total. The smallest absolute Gasteiger partial charge is 0.257 e. The van der Waals surface area contributed by atoms with E-state index in [2.05, 4.69) is 5.38 Å². The van der Waals surface area contributed by atoms with Gasteiger partial charge in [-0.25, -0.2) is 0 Å². The van der Waals surface area contributed by atoms with Crippen LogP contribution in [0.5, 0.6) is 0 Å². The van der Waals surface area contributed by atoms with Gasteiger partial charge in [-0.15, -0.1) is 11.3 Å². The average molecular weight is 278 g/mol. The maximum absolute atomic E-state index is 12.6. The highest BCUT2D eigenvalue weighted by molar-refractivity contribution is 7.14. The summed E-state index contributed by atoms with van der Waals surface area (Å²) in [5.74, 6) is 0.737. The predicted octanol–water partition coefficient (Wildman–Crippen LogP) is 3.61. The Morgan fingerprint density at radius 2 is 1.84 bits per heavy atom. The molecule has 2 fully saturated rings. The fourth-order valence-electron chi connectivity index (χ4n) is 3.41. The molecule has 2 N–H and O–H groups in total. The summed E-state index contributed by atoms with van der Waals surface area (Å²) in [5, 5.41) is 2.85. The topological polar surface area (TPSA) is 46.3 Å². The van der Waals surface area contributed by atoms with Crippen LogP contribution in [-0.4, -0.2) is 23.9 Å². The molecule has 0 bridgehead atoms. The summed E-state index contributed by atoms with van der Waals surface area (Å²) in [6.07, 6.45) is 8.62.